The van der Waals surface area contributed by atoms with Crippen LogP contribution in [0.2, 0.25) is 0 Å². The molecule has 32 heavy (non-hydrogen) atoms. The normalized spacial score (nSPS) is 16.3. The molecular weight excluding hydrogens is 427 g/mol. The van der Waals surface area contributed by atoms with Gasteiger partial charge in [-0.2, -0.15) is 4.98 Å². The first-order valence-corrected chi connectivity index (χ1v) is 11.4. The largest absolute Gasteiger partial charge is 0.339 e. The van der Waals surface area contributed by atoms with Crippen molar-refractivity contribution in [1.29, 1.82) is 0 Å². The Hall–Kier alpha value is -3.39. The summed E-state index contributed by atoms with van der Waals surface area (Å²) in [5, 5.41) is 6.96. The summed E-state index contributed by atoms with van der Waals surface area (Å²) in [6.07, 6.45) is 1.91. The van der Waals surface area contributed by atoms with E-state index in [1.165, 1.54) is 12.1 Å². The van der Waals surface area contributed by atoms with Crippen molar-refractivity contribution in [3.8, 4) is 22.6 Å². The van der Waals surface area contributed by atoms with Crippen LogP contribution in [0.5, 0.6) is 0 Å². The second-order valence-corrected chi connectivity index (χ2v) is 8.78. The van der Waals surface area contributed by atoms with Crippen molar-refractivity contribution in [3.05, 3.63) is 76.2 Å². The molecule has 1 saturated heterocycles. The molecular formula is C24H21FN4O2S. The lowest BCUT2D eigenvalue weighted by atomic mass is 9.97. The fourth-order valence-corrected chi connectivity index (χ4v) is 4.94. The fraction of sp³-hybridized carbons (Fsp3) is 0.250. The second kappa shape index (κ2) is 8.63. The lowest BCUT2D eigenvalue weighted by molar-refractivity contribution is 0.0707. The van der Waals surface area contributed by atoms with Gasteiger partial charge in [-0.05, 0) is 49.2 Å². The first-order chi connectivity index (χ1) is 15.6. The van der Waals surface area contributed by atoms with Crippen molar-refractivity contribution >= 4 is 17.2 Å². The number of aromatic nitrogens is 3. The van der Waals surface area contributed by atoms with Crippen molar-refractivity contribution in [1.82, 2.24) is 20.0 Å². The van der Waals surface area contributed by atoms with E-state index in [1.54, 1.807) is 30.4 Å². The lowest BCUT2D eigenvalue weighted by Gasteiger charge is -2.32. The van der Waals surface area contributed by atoms with E-state index in [1.807, 2.05) is 34.5 Å². The summed E-state index contributed by atoms with van der Waals surface area (Å²) >= 11 is 1.60. The molecule has 1 unspecified atom stereocenters. The summed E-state index contributed by atoms with van der Waals surface area (Å²) in [6, 6.07) is 13.7. The maximum absolute atomic E-state index is 13.2. The highest BCUT2D eigenvalue weighted by Gasteiger charge is 2.27. The monoisotopic (exact) mass is 448 g/mol. The Morgan fingerprint density at radius 3 is 2.78 bits per heavy atom. The van der Waals surface area contributed by atoms with Gasteiger partial charge in [-0.1, -0.05) is 17.3 Å². The number of carbonyl (C=O) groups is 1. The van der Waals surface area contributed by atoms with Crippen LogP contribution >= 0.6 is 11.3 Å². The van der Waals surface area contributed by atoms with Crippen LogP contribution in [-0.2, 0) is 0 Å². The Morgan fingerprint density at radius 2 is 2.00 bits per heavy atom. The van der Waals surface area contributed by atoms with Gasteiger partial charge in [0, 0.05) is 48.0 Å². The van der Waals surface area contributed by atoms with Gasteiger partial charge in [-0.25, -0.2) is 9.37 Å². The standard InChI is InChI=1S/C24H21FN4O2S/c1-15-26-22(28-31-15)17-4-2-5-18(12-17)24(30)29-11-3-6-19(13-29)23-27-21(14-32-23)16-7-9-20(25)10-8-16/h2,4-5,7-10,12,14,19H,3,6,11,13H2,1H3. The van der Waals surface area contributed by atoms with Crippen molar-refractivity contribution in [2.24, 2.45) is 0 Å². The second-order valence-electron chi connectivity index (χ2n) is 7.89. The highest BCUT2D eigenvalue weighted by atomic mass is 32.1. The van der Waals surface area contributed by atoms with E-state index in [9.17, 15) is 9.18 Å². The number of rotatable bonds is 4. The Balaban J connectivity index is 1.32. The zero-order valence-corrected chi connectivity index (χ0v) is 18.3. The molecule has 0 spiro atoms. The summed E-state index contributed by atoms with van der Waals surface area (Å²) < 4.78 is 18.3. The molecule has 0 radical (unpaired) electrons. The molecule has 0 N–H and O–H groups in total. The third kappa shape index (κ3) is 4.18. The maximum atomic E-state index is 13.2. The number of carbonyl (C=O) groups excluding carboxylic acids is 1. The minimum absolute atomic E-state index is 0.00733. The molecule has 8 heteroatoms. The van der Waals surface area contributed by atoms with E-state index < -0.39 is 0 Å². The summed E-state index contributed by atoms with van der Waals surface area (Å²) in [6.45, 7) is 3.08. The summed E-state index contributed by atoms with van der Waals surface area (Å²) in [7, 11) is 0. The third-order valence-corrected chi connectivity index (χ3v) is 6.62. The van der Waals surface area contributed by atoms with Gasteiger partial charge >= 0.3 is 0 Å². The molecule has 6 nitrogen and oxygen atoms in total. The van der Waals surface area contributed by atoms with Gasteiger partial charge in [-0.3, -0.25) is 4.79 Å². The van der Waals surface area contributed by atoms with Crippen LogP contribution < -0.4 is 0 Å². The van der Waals surface area contributed by atoms with Crippen molar-refractivity contribution in [2.75, 3.05) is 13.1 Å². The number of hydrogen-bond donors (Lipinski definition) is 0. The van der Waals surface area contributed by atoms with Crippen LogP contribution in [0.15, 0.2) is 58.4 Å². The number of aryl methyl sites for hydroxylation is 1. The number of hydrogen-bond acceptors (Lipinski definition) is 6. The zero-order valence-electron chi connectivity index (χ0n) is 17.5. The van der Waals surface area contributed by atoms with E-state index in [4.69, 9.17) is 9.51 Å². The Morgan fingerprint density at radius 1 is 1.16 bits per heavy atom. The summed E-state index contributed by atoms with van der Waals surface area (Å²) in [5.74, 6) is 0.884. The lowest BCUT2D eigenvalue weighted by Crippen LogP contribution is -2.39. The zero-order chi connectivity index (χ0) is 22.1. The Kier molecular flexibility index (Phi) is 5.53. The van der Waals surface area contributed by atoms with Crippen LogP contribution in [0.1, 0.15) is 40.0 Å². The molecule has 0 bridgehead atoms. The number of halogens is 1. The summed E-state index contributed by atoms with van der Waals surface area (Å²) in [4.78, 5) is 24.2. The predicted octanol–water partition coefficient (Wildman–Crippen LogP) is 5.33. The number of benzene rings is 2. The molecule has 1 aliphatic rings. The topological polar surface area (TPSA) is 72.1 Å². The highest BCUT2D eigenvalue weighted by Crippen LogP contribution is 2.33. The molecule has 0 aliphatic carbocycles. The Bertz CT molecular complexity index is 1250. The van der Waals surface area contributed by atoms with E-state index in [0.717, 1.165) is 41.2 Å². The van der Waals surface area contributed by atoms with E-state index in [2.05, 4.69) is 10.1 Å². The minimum Gasteiger partial charge on any atom is -0.339 e. The van der Waals surface area contributed by atoms with Crippen molar-refractivity contribution in [3.63, 3.8) is 0 Å². The van der Waals surface area contributed by atoms with Crippen LogP contribution in [0, 0.1) is 12.7 Å². The molecule has 1 amide bonds. The minimum atomic E-state index is -0.260. The fourth-order valence-electron chi connectivity index (χ4n) is 3.98. The molecule has 0 saturated carbocycles. The molecule has 4 aromatic rings. The maximum Gasteiger partial charge on any atom is 0.253 e. The van der Waals surface area contributed by atoms with Crippen molar-refractivity contribution in [2.45, 2.75) is 25.7 Å². The number of piperidine rings is 1. The SMILES string of the molecule is Cc1nc(-c2cccc(C(=O)N3CCCC(c4nc(-c5ccc(F)cc5)cs4)C3)c2)no1. The number of thiazole rings is 1. The molecule has 2 aromatic carbocycles. The average molecular weight is 449 g/mol. The van der Waals surface area contributed by atoms with E-state index in [0.29, 0.717) is 23.8 Å². The van der Waals surface area contributed by atoms with Gasteiger partial charge in [0.1, 0.15) is 5.82 Å². The van der Waals surface area contributed by atoms with E-state index >= 15 is 0 Å². The Labute approximate surface area is 188 Å². The smallest absolute Gasteiger partial charge is 0.253 e. The van der Waals surface area contributed by atoms with Gasteiger partial charge < -0.3 is 9.42 Å². The predicted molar refractivity (Wildman–Crippen MR) is 120 cm³/mol. The molecule has 162 valence electrons. The quantitative estimate of drug-likeness (QED) is 0.422. The summed E-state index contributed by atoms with van der Waals surface area (Å²) in [5.41, 5.74) is 3.10. The van der Waals surface area contributed by atoms with Gasteiger partial charge in [-0.15, -0.1) is 11.3 Å². The van der Waals surface area contributed by atoms with Crippen LogP contribution in [0.3, 0.4) is 0 Å². The van der Waals surface area contributed by atoms with Crippen LogP contribution in [-0.4, -0.2) is 39.0 Å². The molecule has 1 aliphatic heterocycles. The van der Waals surface area contributed by atoms with Crippen molar-refractivity contribution < 1.29 is 13.7 Å². The number of amides is 1. The highest BCUT2D eigenvalue weighted by molar-refractivity contribution is 7.10. The third-order valence-electron chi connectivity index (χ3n) is 5.62. The average Bonchev–Trinajstić information content (AvgIpc) is 3.49. The van der Waals surface area contributed by atoms with Crippen LogP contribution in [0.25, 0.3) is 22.6 Å². The molecule has 2 aromatic heterocycles. The van der Waals surface area contributed by atoms with Crippen LogP contribution in [0.4, 0.5) is 4.39 Å². The molecule has 5 rings (SSSR count). The van der Waals surface area contributed by atoms with Gasteiger partial charge in [0.15, 0.2) is 0 Å². The first kappa shape index (κ1) is 20.5. The van der Waals surface area contributed by atoms with Gasteiger partial charge in [0.05, 0.1) is 10.7 Å². The van der Waals surface area contributed by atoms with Gasteiger partial charge in [0.2, 0.25) is 11.7 Å². The number of likely N-dealkylation sites (tertiary alicyclic amines) is 1. The molecule has 3 heterocycles. The molecule has 1 atom stereocenters. The van der Waals surface area contributed by atoms with E-state index in [-0.39, 0.29) is 17.6 Å². The van der Waals surface area contributed by atoms with Gasteiger partial charge in [0.25, 0.3) is 5.91 Å². The first-order valence-electron chi connectivity index (χ1n) is 10.5. The molecule has 1 fully saturated rings. The number of nitrogens with zero attached hydrogens (tertiary/aromatic N) is 4.